The van der Waals surface area contributed by atoms with Gasteiger partial charge in [-0.2, -0.15) is 0 Å². The van der Waals surface area contributed by atoms with Gasteiger partial charge < -0.3 is 15.2 Å². The van der Waals surface area contributed by atoms with Crippen LogP contribution in [0.2, 0.25) is 0 Å². The molecule has 2 heterocycles. The number of benzene rings is 2. The van der Waals surface area contributed by atoms with Gasteiger partial charge in [0.2, 0.25) is 11.8 Å². The smallest absolute Gasteiger partial charge is 0.262 e. The summed E-state index contributed by atoms with van der Waals surface area (Å²) >= 11 is 1.16. The molecule has 2 N–H and O–H groups in total. The molecule has 0 unspecified atom stereocenters. The number of nitrogens with zero attached hydrogens (tertiary/aromatic N) is 3. The van der Waals surface area contributed by atoms with E-state index >= 15 is 0 Å². The van der Waals surface area contributed by atoms with Gasteiger partial charge in [-0.3, -0.25) is 19.0 Å². The Kier molecular flexibility index (Phi) is 8.51. The standard InChI is InChI=1S/C26H27N5O4S/c1-18-16-22(30-35-18)29-24(33)17-36-26-28-21-11-6-5-10-20(21)25(34)31(26)15-7-12-23(32)27-14-13-19-8-3-2-4-9-19/h2-6,8-11,16H,7,12-15,17H2,1H3,(H,27,32)(H,29,30,33). The van der Waals surface area contributed by atoms with E-state index in [-0.39, 0.29) is 29.5 Å². The van der Waals surface area contributed by atoms with Crippen LogP contribution in [0.25, 0.3) is 10.9 Å². The van der Waals surface area contributed by atoms with E-state index in [1.165, 1.54) is 4.57 Å². The number of carbonyl (C=O) groups excluding carboxylic acids is 2. The first kappa shape index (κ1) is 25.2. The Bertz CT molecular complexity index is 1400. The molecular formula is C26H27N5O4S. The minimum absolute atomic E-state index is 0.0384. The number of thioether (sulfide) groups is 1. The maximum atomic E-state index is 13.2. The minimum atomic E-state index is -0.292. The highest BCUT2D eigenvalue weighted by atomic mass is 32.2. The van der Waals surface area contributed by atoms with Gasteiger partial charge in [-0.1, -0.05) is 59.4 Å². The van der Waals surface area contributed by atoms with Crippen LogP contribution in [0.1, 0.15) is 24.2 Å². The molecule has 2 aromatic carbocycles. The monoisotopic (exact) mass is 505 g/mol. The maximum absolute atomic E-state index is 13.2. The fourth-order valence-corrected chi connectivity index (χ4v) is 4.49. The molecule has 0 fully saturated rings. The molecule has 10 heteroatoms. The van der Waals surface area contributed by atoms with Crippen LogP contribution in [0.15, 0.2) is 75.1 Å². The Morgan fingerprint density at radius 3 is 2.61 bits per heavy atom. The Hall–Kier alpha value is -3.92. The van der Waals surface area contributed by atoms with Gasteiger partial charge in [-0.25, -0.2) is 4.98 Å². The highest BCUT2D eigenvalue weighted by Crippen LogP contribution is 2.19. The molecule has 4 aromatic rings. The van der Waals surface area contributed by atoms with E-state index in [0.29, 0.717) is 47.1 Å². The van der Waals surface area contributed by atoms with E-state index in [2.05, 4.69) is 20.8 Å². The molecule has 186 valence electrons. The van der Waals surface area contributed by atoms with Gasteiger partial charge in [0, 0.05) is 25.6 Å². The summed E-state index contributed by atoms with van der Waals surface area (Å²) in [6, 6.07) is 18.7. The van der Waals surface area contributed by atoms with Crippen LogP contribution in [-0.4, -0.2) is 38.8 Å². The lowest BCUT2D eigenvalue weighted by Crippen LogP contribution is -2.27. The van der Waals surface area contributed by atoms with Crippen molar-refractivity contribution in [2.24, 2.45) is 0 Å². The number of carbonyl (C=O) groups is 2. The van der Waals surface area contributed by atoms with Crippen molar-refractivity contribution in [3.8, 4) is 0 Å². The number of nitrogens with one attached hydrogen (secondary N) is 2. The van der Waals surface area contributed by atoms with E-state index in [4.69, 9.17) is 4.52 Å². The summed E-state index contributed by atoms with van der Waals surface area (Å²) < 4.78 is 6.50. The second kappa shape index (κ2) is 12.2. The molecule has 0 aliphatic heterocycles. The number of rotatable bonds is 11. The zero-order valence-electron chi connectivity index (χ0n) is 19.9. The molecule has 2 amide bonds. The van der Waals surface area contributed by atoms with E-state index in [9.17, 15) is 14.4 Å². The number of anilines is 1. The molecule has 2 aromatic heterocycles. The molecule has 0 saturated carbocycles. The number of fused-ring (bicyclic) bond motifs is 1. The third-order valence-corrected chi connectivity index (χ3v) is 6.40. The summed E-state index contributed by atoms with van der Waals surface area (Å²) in [6.45, 7) is 2.61. The summed E-state index contributed by atoms with van der Waals surface area (Å²) in [7, 11) is 0. The lowest BCUT2D eigenvalue weighted by atomic mass is 10.1. The predicted molar refractivity (Wildman–Crippen MR) is 139 cm³/mol. The number of para-hydroxylation sites is 1. The molecule has 9 nitrogen and oxygen atoms in total. The normalized spacial score (nSPS) is 10.9. The van der Waals surface area contributed by atoms with Gasteiger partial charge in [0.05, 0.1) is 16.7 Å². The van der Waals surface area contributed by atoms with Crippen molar-refractivity contribution < 1.29 is 14.1 Å². The zero-order valence-corrected chi connectivity index (χ0v) is 20.7. The van der Waals surface area contributed by atoms with Gasteiger partial charge >= 0.3 is 0 Å². The largest absolute Gasteiger partial charge is 0.360 e. The topological polar surface area (TPSA) is 119 Å². The van der Waals surface area contributed by atoms with E-state index in [1.807, 2.05) is 36.4 Å². The molecule has 0 atom stereocenters. The third-order valence-electron chi connectivity index (χ3n) is 5.42. The molecule has 0 aliphatic carbocycles. The maximum Gasteiger partial charge on any atom is 0.262 e. The van der Waals surface area contributed by atoms with Crippen molar-refractivity contribution in [2.75, 3.05) is 17.6 Å². The van der Waals surface area contributed by atoms with E-state index < -0.39 is 0 Å². The van der Waals surface area contributed by atoms with Crippen LogP contribution >= 0.6 is 11.8 Å². The van der Waals surface area contributed by atoms with Crippen LogP contribution in [0.4, 0.5) is 5.82 Å². The Labute approximate surface area is 212 Å². The first-order valence-corrected chi connectivity index (χ1v) is 12.6. The summed E-state index contributed by atoms with van der Waals surface area (Å²) in [5, 5.41) is 10.3. The average Bonchev–Trinajstić information content (AvgIpc) is 3.29. The van der Waals surface area contributed by atoms with E-state index in [1.54, 1.807) is 31.2 Å². The van der Waals surface area contributed by atoms with Crippen molar-refractivity contribution in [1.29, 1.82) is 0 Å². The predicted octanol–water partition coefficient (Wildman–Crippen LogP) is 3.56. The first-order chi connectivity index (χ1) is 17.5. The SMILES string of the molecule is Cc1cc(NC(=O)CSc2nc3ccccc3c(=O)n2CCCC(=O)NCCc2ccccc2)no1. The third kappa shape index (κ3) is 6.82. The number of aromatic nitrogens is 3. The second-order valence-corrected chi connectivity index (χ2v) is 9.16. The lowest BCUT2D eigenvalue weighted by molar-refractivity contribution is -0.121. The molecule has 36 heavy (non-hydrogen) atoms. The number of hydrogen-bond donors (Lipinski definition) is 2. The fraction of sp³-hybridized carbons (Fsp3) is 0.269. The molecule has 0 aliphatic rings. The van der Waals surface area contributed by atoms with Crippen LogP contribution in [0.3, 0.4) is 0 Å². The summed E-state index contributed by atoms with van der Waals surface area (Å²) in [5.74, 6) is 0.605. The quantitative estimate of drug-likeness (QED) is 0.236. The molecule has 0 radical (unpaired) electrons. The van der Waals surface area contributed by atoms with Crippen LogP contribution < -0.4 is 16.2 Å². The van der Waals surface area contributed by atoms with Crippen molar-refractivity contribution >= 4 is 40.3 Å². The van der Waals surface area contributed by atoms with Crippen molar-refractivity contribution in [2.45, 2.75) is 37.9 Å². The first-order valence-electron chi connectivity index (χ1n) is 11.7. The number of amides is 2. The van der Waals surface area contributed by atoms with Gasteiger partial charge in [0.15, 0.2) is 11.0 Å². The highest BCUT2D eigenvalue weighted by Gasteiger charge is 2.14. The number of aryl methyl sites for hydroxylation is 1. The van der Waals surface area contributed by atoms with Gasteiger partial charge in [-0.15, -0.1) is 0 Å². The van der Waals surface area contributed by atoms with Crippen LogP contribution in [0.5, 0.6) is 0 Å². The Morgan fingerprint density at radius 2 is 1.83 bits per heavy atom. The Morgan fingerprint density at radius 1 is 1.06 bits per heavy atom. The van der Waals surface area contributed by atoms with Gasteiger partial charge in [0.1, 0.15) is 5.76 Å². The van der Waals surface area contributed by atoms with Crippen molar-refractivity contribution in [3.05, 3.63) is 82.3 Å². The fourth-order valence-electron chi connectivity index (χ4n) is 3.67. The zero-order chi connectivity index (χ0) is 25.3. The molecule has 0 bridgehead atoms. The highest BCUT2D eigenvalue weighted by molar-refractivity contribution is 7.99. The summed E-state index contributed by atoms with van der Waals surface area (Å²) in [6.07, 6.45) is 1.51. The lowest BCUT2D eigenvalue weighted by Gasteiger charge is -2.13. The minimum Gasteiger partial charge on any atom is -0.360 e. The number of hydrogen-bond acceptors (Lipinski definition) is 7. The van der Waals surface area contributed by atoms with Crippen LogP contribution in [-0.2, 0) is 22.6 Å². The average molecular weight is 506 g/mol. The van der Waals surface area contributed by atoms with Gasteiger partial charge in [-0.05, 0) is 37.5 Å². The summed E-state index contributed by atoms with van der Waals surface area (Å²) in [5.41, 5.74) is 1.53. The molecular weight excluding hydrogens is 478 g/mol. The molecule has 0 saturated heterocycles. The van der Waals surface area contributed by atoms with Gasteiger partial charge in [0.25, 0.3) is 5.56 Å². The van der Waals surface area contributed by atoms with Crippen LogP contribution in [0, 0.1) is 6.92 Å². The van der Waals surface area contributed by atoms with E-state index in [0.717, 1.165) is 23.7 Å². The summed E-state index contributed by atoms with van der Waals surface area (Å²) in [4.78, 5) is 42.5. The second-order valence-electron chi connectivity index (χ2n) is 8.22. The van der Waals surface area contributed by atoms with Crippen molar-refractivity contribution in [1.82, 2.24) is 20.0 Å². The Balaban J connectivity index is 1.37. The molecule has 0 spiro atoms. The molecule has 4 rings (SSSR count). The van der Waals surface area contributed by atoms with Crippen molar-refractivity contribution in [3.63, 3.8) is 0 Å².